The van der Waals surface area contributed by atoms with Crippen LogP contribution in [0.4, 0.5) is 4.39 Å². The fraction of sp³-hybridized carbons (Fsp3) is 0.462. The molecule has 0 fully saturated rings. The first-order chi connectivity index (χ1) is 8.58. The van der Waals surface area contributed by atoms with Crippen molar-refractivity contribution >= 4 is 29.1 Å². The predicted octanol–water partition coefficient (Wildman–Crippen LogP) is 3.86. The van der Waals surface area contributed by atoms with Gasteiger partial charge >= 0.3 is 0 Å². The molecule has 1 aromatic rings. The number of carbonyl (C=O) groups excluding carboxylic acids is 1. The third-order valence-electron chi connectivity index (χ3n) is 2.82. The molecule has 2 nitrogen and oxygen atoms in total. The maximum atomic E-state index is 13.5. The molecule has 1 unspecified atom stereocenters. The average molecular weight is 292 g/mol. The summed E-state index contributed by atoms with van der Waals surface area (Å²) >= 11 is 11.3. The zero-order chi connectivity index (χ0) is 13.5. The third kappa shape index (κ3) is 4.46. The van der Waals surface area contributed by atoms with Crippen molar-refractivity contribution < 1.29 is 9.18 Å². The summed E-state index contributed by atoms with van der Waals surface area (Å²) in [4.78, 5) is 11.8. The molecule has 18 heavy (non-hydrogen) atoms. The van der Waals surface area contributed by atoms with E-state index in [1.165, 1.54) is 12.1 Å². The van der Waals surface area contributed by atoms with Crippen LogP contribution in [0.15, 0.2) is 18.2 Å². The van der Waals surface area contributed by atoms with Crippen molar-refractivity contribution in [3.05, 3.63) is 34.6 Å². The van der Waals surface area contributed by atoms with E-state index in [2.05, 4.69) is 5.32 Å². The van der Waals surface area contributed by atoms with Gasteiger partial charge in [0.05, 0.1) is 5.56 Å². The summed E-state index contributed by atoms with van der Waals surface area (Å²) in [7, 11) is 0. The topological polar surface area (TPSA) is 29.1 Å². The smallest absolute Gasteiger partial charge is 0.254 e. The van der Waals surface area contributed by atoms with Gasteiger partial charge in [-0.25, -0.2) is 4.39 Å². The molecule has 0 aliphatic carbocycles. The highest BCUT2D eigenvalue weighted by Gasteiger charge is 2.13. The van der Waals surface area contributed by atoms with Gasteiger partial charge in [0.15, 0.2) is 0 Å². The Morgan fingerprint density at radius 2 is 2.22 bits per heavy atom. The molecule has 0 bridgehead atoms. The lowest BCUT2D eigenvalue weighted by atomic mass is 10.0. The molecule has 1 rings (SSSR count). The van der Waals surface area contributed by atoms with Crippen LogP contribution in [0.2, 0.25) is 5.02 Å². The Labute approximate surface area is 116 Å². The van der Waals surface area contributed by atoms with E-state index in [1.54, 1.807) is 0 Å². The second-order valence-electron chi connectivity index (χ2n) is 4.09. The van der Waals surface area contributed by atoms with E-state index in [0.717, 1.165) is 18.9 Å². The molecule has 100 valence electrons. The number of carbonyl (C=O) groups is 1. The van der Waals surface area contributed by atoms with Crippen LogP contribution in [0.5, 0.6) is 0 Å². The lowest BCUT2D eigenvalue weighted by molar-refractivity contribution is 0.0942. The molecule has 0 spiro atoms. The third-order valence-corrected chi connectivity index (χ3v) is 3.28. The van der Waals surface area contributed by atoms with Gasteiger partial charge in [0.2, 0.25) is 0 Å². The van der Waals surface area contributed by atoms with Crippen molar-refractivity contribution in [3.8, 4) is 0 Å². The Balaban J connectivity index is 2.59. The van der Waals surface area contributed by atoms with E-state index in [4.69, 9.17) is 23.2 Å². The number of nitrogens with one attached hydrogen (secondary N) is 1. The Morgan fingerprint density at radius 3 is 2.78 bits per heavy atom. The highest BCUT2D eigenvalue weighted by atomic mass is 35.5. The van der Waals surface area contributed by atoms with Crippen molar-refractivity contribution in [3.63, 3.8) is 0 Å². The van der Waals surface area contributed by atoms with Gasteiger partial charge in [-0.15, -0.1) is 11.6 Å². The molecule has 1 amide bonds. The fourth-order valence-electron chi connectivity index (χ4n) is 1.61. The Bertz CT molecular complexity index is 412. The molecule has 0 aliphatic heterocycles. The van der Waals surface area contributed by atoms with Crippen LogP contribution >= 0.6 is 23.2 Å². The summed E-state index contributed by atoms with van der Waals surface area (Å²) in [5, 5.41) is 2.99. The second kappa shape index (κ2) is 7.59. The van der Waals surface area contributed by atoms with Crippen molar-refractivity contribution in [1.82, 2.24) is 5.32 Å². The molecule has 5 heteroatoms. The summed E-state index contributed by atoms with van der Waals surface area (Å²) in [6.45, 7) is 2.54. The largest absolute Gasteiger partial charge is 0.352 e. The van der Waals surface area contributed by atoms with Crippen molar-refractivity contribution in [2.75, 3.05) is 12.4 Å². The van der Waals surface area contributed by atoms with E-state index in [1.807, 2.05) is 6.92 Å². The second-order valence-corrected chi connectivity index (χ2v) is 4.90. The molecule has 0 aromatic heterocycles. The van der Waals surface area contributed by atoms with E-state index >= 15 is 0 Å². The minimum Gasteiger partial charge on any atom is -0.352 e. The molecule has 0 heterocycles. The van der Waals surface area contributed by atoms with Crippen LogP contribution in [0.1, 0.15) is 30.1 Å². The maximum absolute atomic E-state index is 13.5. The van der Waals surface area contributed by atoms with Gasteiger partial charge in [0.1, 0.15) is 5.82 Å². The average Bonchev–Trinajstić information content (AvgIpc) is 2.34. The van der Waals surface area contributed by atoms with Crippen molar-refractivity contribution in [2.45, 2.75) is 19.8 Å². The van der Waals surface area contributed by atoms with Crippen LogP contribution in [-0.4, -0.2) is 18.3 Å². The van der Waals surface area contributed by atoms with Gasteiger partial charge in [-0.05, 0) is 30.5 Å². The first kappa shape index (κ1) is 15.3. The first-order valence-corrected chi connectivity index (χ1v) is 6.79. The number of rotatable bonds is 6. The van der Waals surface area contributed by atoms with Crippen LogP contribution in [0.3, 0.4) is 0 Å². The summed E-state index contributed by atoms with van der Waals surface area (Å²) < 4.78 is 13.5. The van der Waals surface area contributed by atoms with Crippen molar-refractivity contribution in [1.29, 1.82) is 0 Å². The minimum atomic E-state index is -0.606. The minimum absolute atomic E-state index is 0.0140. The summed E-state index contributed by atoms with van der Waals surface area (Å²) in [5.74, 6) is -0.145. The number of amides is 1. The number of benzene rings is 1. The summed E-state index contributed by atoms with van der Waals surface area (Å²) in [5.41, 5.74) is 0.0140. The number of halogens is 3. The highest BCUT2D eigenvalue weighted by Crippen LogP contribution is 2.15. The van der Waals surface area contributed by atoms with Crippen LogP contribution in [0.25, 0.3) is 0 Å². The maximum Gasteiger partial charge on any atom is 0.254 e. The van der Waals surface area contributed by atoms with Gasteiger partial charge < -0.3 is 5.32 Å². The van der Waals surface area contributed by atoms with E-state index in [-0.39, 0.29) is 10.6 Å². The number of alkyl halides is 1. The molecule has 1 aromatic carbocycles. The quantitative estimate of drug-likeness (QED) is 0.792. The van der Waals surface area contributed by atoms with Gasteiger partial charge in [0, 0.05) is 17.4 Å². The zero-order valence-corrected chi connectivity index (χ0v) is 11.7. The summed E-state index contributed by atoms with van der Waals surface area (Å²) in [6.07, 6.45) is 1.76. The Kier molecular flexibility index (Phi) is 6.44. The van der Waals surface area contributed by atoms with Gasteiger partial charge in [-0.1, -0.05) is 24.9 Å². The van der Waals surface area contributed by atoms with Crippen molar-refractivity contribution in [2.24, 2.45) is 5.92 Å². The normalized spacial score (nSPS) is 12.2. The van der Waals surface area contributed by atoms with Crippen LogP contribution < -0.4 is 5.32 Å². The van der Waals surface area contributed by atoms with E-state index < -0.39 is 11.7 Å². The first-order valence-electron chi connectivity index (χ1n) is 5.87. The molecule has 0 aliphatic rings. The number of hydrogen-bond acceptors (Lipinski definition) is 1. The monoisotopic (exact) mass is 291 g/mol. The standard InChI is InChI=1S/C13H16Cl2FNO/c1-2-9(5-6-14)8-17-13(18)11-4-3-10(15)7-12(11)16/h3-4,7,9H,2,5-6,8H2,1H3,(H,17,18). The lowest BCUT2D eigenvalue weighted by Crippen LogP contribution is -2.30. The summed E-state index contributed by atoms with van der Waals surface area (Å²) in [6, 6.07) is 4.01. The number of hydrogen-bond donors (Lipinski definition) is 1. The molecular weight excluding hydrogens is 276 g/mol. The lowest BCUT2D eigenvalue weighted by Gasteiger charge is -2.14. The van der Waals surface area contributed by atoms with E-state index in [0.29, 0.717) is 18.3 Å². The Hall–Kier alpha value is -0.800. The molecule has 0 saturated heterocycles. The zero-order valence-electron chi connectivity index (χ0n) is 10.2. The van der Waals surface area contributed by atoms with Crippen LogP contribution in [-0.2, 0) is 0 Å². The molecule has 0 saturated carbocycles. The molecular formula is C13H16Cl2FNO. The van der Waals surface area contributed by atoms with Gasteiger partial charge in [-0.2, -0.15) is 0 Å². The van der Waals surface area contributed by atoms with Gasteiger partial charge in [-0.3, -0.25) is 4.79 Å². The molecule has 0 radical (unpaired) electrons. The van der Waals surface area contributed by atoms with E-state index in [9.17, 15) is 9.18 Å². The SMILES string of the molecule is CCC(CCCl)CNC(=O)c1ccc(Cl)cc1F. The predicted molar refractivity (Wildman–Crippen MR) is 72.9 cm³/mol. The van der Waals surface area contributed by atoms with Crippen LogP contribution in [0, 0.1) is 11.7 Å². The molecule has 1 atom stereocenters. The molecule has 1 N–H and O–H groups in total. The fourth-order valence-corrected chi connectivity index (χ4v) is 2.08. The highest BCUT2D eigenvalue weighted by molar-refractivity contribution is 6.30. The Morgan fingerprint density at radius 1 is 1.50 bits per heavy atom. The van der Waals surface area contributed by atoms with Gasteiger partial charge in [0.25, 0.3) is 5.91 Å².